The summed E-state index contributed by atoms with van der Waals surface area (Å²) in [6.07, 6.45) is 5.55. The second kappa shape index (κ2) is 12.7. The van der Waals surface area contributed by atoms with E-state index in [0.717, 1.165) is 5.92 Å². The summed E-state index contributed by atoms with van der Waals surface area (Å²) in [5, 5.41) is 0. The van der Waals surface area contributed by atoms with E-state index in [0.29, 0.717) is 5.41 Å². The average Bonchev–Trinajstić information content (AvgIpc) is 2.17. The van der Waals surface area contributed by atoms with Gasteiger partial charge in [0.05, 0.1) is 54.4 Å². The minimum Gasteiger partial charge on any atom is -1.00 e. The first-order chi connectivity index (χ1) is 9.33. The van der Waals surface area contributed by atoms with Crippen LogP contribution in [0.25, 0.3) is 0 Å². The zero-order valence-electron chi connectivity index (χ0n) is 17.4. The van der Waals surface area contributed by atoms with Crippen molar-refractivity contribution in [1.82, 2.24) is 0 Å². The Morgan fingerprint density at radius 3 is 1.43 bits per heavy atom. The van der Waals surface area contributed by atoms with E-state index in [1.807, 2.05) is 0 Å². The average molecular weight is 554 g/mol. The fourth-order valence-electron chi connectivity index (χ4n) is 3.88. The molecule has 0 heterocycles. The smallest absolute Gasteiger partial charge is 0.0831 e. The van der Waals surface area contributed by atoms with Gasteiger partial charge in [0, 0.05) is 11.3 Å². The van der Waals surface area contributed by atoms with Crippen molar-refractivity contribution in [2.24, 2.45) is 11.3 Å². The maximum Gasteiger partial charge on any atom is 0.0831 e. The quantitative estimate of drug-likeness (QED) is 0.174. The van der Waals surface area contributed by atoms with E-state index in [2.05, 4.69) is 62.8 Å². The lowest BCUT2D eigenvalue weighted by atomic mass is 9.95. The zero-order valence-corrected chi connectivity index (χ0v) is 21.7. The van der Waals surface area contributed by atoms with Gasteiger partial charge in [-0.15, -0.1) is 0 Å². The summed E-state index contributed by atoms with van der Waals surface area (Å²) in [4.78, 5) is 0. The molecule has 0 amide bonds. The van der Waals surface area contributed by atoms with Crippen LogP contribution in [-0.4, -0.2) is 63.3 Å². The molecule has 0 aliphatic heterocycles. The molecule has 0 bridgehead atoms. The molecule has 0 N–H and O–H groups in total. The molecular weight excluding hydrogens is 510 g/mol. The largest absolute Gasteiger partial charge is 1.00 e. The molecular formula is C19H44I2N2. The van der Waals surface area contributed by atoms with Gasteiger partial charge in [-0.3, -0.25) is 0 Å². The van der Waals surface area contributed by atoms with E-state index < -0.39 is 0 Å². The molecule has 0 unspecified atom stereocenters. The molecule has 0 aromatic rings. The topological polar surface area (TPSA) is 0 Å². The molecule has 0 aromatic heterocycles. The number of rotatable bonds is 10. The third-order valence-corrected chi connectivity index (χ3v) is 4.04. The predicted molar refractivity (Wildman–Crippen MR) is 96.4 cm³/mol. The van der Waals surface area contributed by atoms with Crippen LogP contribution >= 0.6 is 0 Å². The summed E-state index contributed by atoms with van der Waals surface area (Å²) >= 11 is 0. The summed E-state index contributed by atoms with van der Waals surface area (Å²) in [5.74, 6) is 0.801. The minimum atomic E-state index is 0. The first kappa shape index (κ1) is 29.2. The van der Waals surface area contributed by atoms with Gasteiger partial charge < -0.3 is 56.9 Å². The van der Waals surface area contributed by atoms with Gasteiger partial charge in [0.1, 0.15) is 0 Å². The van der Waals surface area contributed by atoms with Crippen LogP contribution in [0, 0.1) is 11.3 Å². The van der Waals surface area contributed by atoms with Gasteiger partial charge in [-0.05, 0) is 25.7 Å². The standard InChI is InChI=1S/C19H44N2.2HI/c1-18(2)16-20(6,7)14-12-10-11-13-15-21(8,9)17-19(3,4)5;;/h18H,10-17H2,1-9H3;2*1H/q+2;;/p-2. The summed E-state index contributed by atoms with van der Waals surface area (Å²) in [7, 11) is 9.52. The number of hydrogen-bond acceptors (Lipinski definition) is 0. The lowest BCUT2D eigenvalue weighted by Crippen LogP contribution is -3.00. The summed E-state index contributed by atoms with van der Waals surface area (Å²) in [6, 6.07) is 0. The molecule has 4 heteroatoms. The van der Waals surface area contributed by atoms with E-state index in [-0.39, 0.29) is 48.0 Å². The lowest BCUT2D eigenvalue weighted by molar-refractivity contribution is -0.896. The highest BCUT2D eigenvalue weighted by Crippen LogP contribution is 2.19. The Balaban J connectivity index is -0.00000200. The van der Waals surface area contributed by atoms with Gasteiger partial charge >= 0.3 is 0 Å². The zero-order chi connectivity index (χ0) is 16.7. The first-order valence-electron chi connectivity index (χ1n) is 8.97. The fourth-order valence-corrected chi connectivity index (χ4v) is 3.88. The minimum absolute atomic E-state index is 0. The van der Waals surface area contributed by atoms with Gasteiger partial charge in [0.25, 0.3) is 0 Å². The monoisotopic (exact) mass is 554 g/mol. The van der Waals surface area contributed by atoms with Crippen molar-refractivity contribution in [3.8, 4) is 0 Å². The molecule has 0 atom stereocenters. The molecule has 0 spiro atoms. The van der Waals surface area contributed by atoms with Gasteiger partial charge in [-0.25, -0.2) is 0 Å². The second-order valence-electron chi connectivity index (χ2n) is 10.0. The van der Waals surface area contributed by atoms with Gasteiger partial charge in [0.15, 0.2) is 0 Å². The third-order valence-electron chi connectivity index (χ3n) is 4.04. The van der Waals surface area contributed by atoms with E-state index in [4.69, 9.17) is 0 Å². The van der Waals surface area contributed by atoms with Crippen molar-refractivity contribution < 1.29 is 56.9 Å². The van der Waals surface area contributed by atoms with E-state index in [1.54, 1.807) is 0 Å². The molecule has 2 nitrogen and oxygen atoms in total. The highest BCUT2D eigenvalue weighted by atomic mass is 127. The summed E-state index contributed by atoms with van der Waals surface area (Å²) in [5.41, 5.74) is 0.432. The van der Waals surface area contributed by atoms with Gasteiger partial charge in [-0.1, -0.05) is 34.6 Å². The third kappa shape index (κ3) is 19.6. The molecule has 0 fully saturated rings. The second-order valence-corrected chi connectivity index (χ2v) is 10.0. The number of hydrogen-bond donors (Lipinski definition) is 0. The van der Waals surface area contributed by atoms with E-state index in [9.17, 15) is 0 Å². The Kier molecular flexibility index (Phi) is 16.1. The Morgan fingerprint density at radius 1 is 0.696 bits per heavy atom. The molecule has 0 radical (unpaired) electrons. The van der Waals surface area contributed by atoms with Gasteiger partial charge in [0.2, 0.25) is 0 Å². The molecule has 144 valence electrons. The van der Waals surface area contributed by atoms with Crippen molar-refractivity contribution in [3.63, 3.8) is 0 Å². The van der Waals surface area contributed by atoms with Crippen LogP contribution in [0.2, 0.25) is 0 Å². The normalized spacial score (nSPS) is 12.8. The maximum absolute atomic E-state index is 2.38. The fraction of sp³-hybridized carbons (Fsp3) is 1.00. The van der Waals surface area contributed by atoms with Crippen molar-refractivity contribution >= 4 is 0 Å². The Labute approximate surface area is 182 Å². The first-order valence-corrected chi connectivity index (χ1v) is 8.97. The summed E-state index contributed by atoms with van der Waals surface area (Å²) < 4.78 is 2.35. The van der Waals surface area contributed by atoms with Crippen LogP contribution < -0.4 is 48.0 Å². The molecule has 0 saturated heterocycles. The number of halogens is 2. The summed E-state index contributed by atoms with van der Waals surface area (Å²) in [6.45, 7) is 16.9. The molecule has 0 saturated carbocycles. The molecule has 0 aliphatic carbocycles. The Bertz CT molecular complexity index is 282. The van der Waals surface area contributed by atoms with Crippen molar-refractivity contribution in [1.29, 1.82) is 0 Å². The van der Waals surface area contributed by atoms with Crippen molar-refractivity contribution in [2.75, 3.05) is 54.4 Å². The van der Waals surface area contributed by atoms with Crippen LogP contribution in [0.15, 0.2) is 0 Å². The SMILES string of the molecule is CC(C)C[N+](C)(C)CCCCCC[N+](C)(C)CC(C)(C)C.[I-].[I-]. The van der Waals surface area contributed by atoms with Crippen LogP contribution in [0.4, 0.5) is 0 Å². The molecule has 0 rings (SSSR count). The van der Waals surface area contributed by atoms with Crippen LogP contribution in [0.5, 0.6) is 0 Å². The van der Waals surface area contributed by atoms with Crippen LogP contribution in [0.1, 0.15) is 60.3 Å². The number of quaternary nitrogens is 2. The Morgan fingerprint density at radius 2 is 1.09 bits per heavy atom. The number of nitrogens with zero attached hydrogens (tertiary/aromatic N) is 2. The lowest BCUT2D eigenvalue weighted by Gasteiger charge is -2.36. The predicted octanol–water partition coefficient (Wildman–Crippen LogP) is -1.59. The van der Waals surface area contributed by atoms with E-state index in [1.165, 1.54) is 60.8 Å². The maximum atomic E-state index is 2.38. The van der Waals surface area contributed by atoms with Crippen molar-refractivity contribution in [3.05, 3.63) is 0 Å². The molecule has 23 heavy (non-hydrogen) atoms. The highest BCUT2D eigenvalue weighted by Gasteiger charge is 2.23. The highest BCUT2D eigenvalue weighted by molar-refractivity contribution is 4.59. The molecule has 0 aliphatic rings. The van der Waals surface area contributed by atoms with E-state index >= 15 is 0 Å². The van der Waals surface area contributed by atoms with Gasteiger partial charge in [-0.2, -0.15) is 0 Å². The van der Waals surface area contributed by atoms with Crippen molar-refractivity contribution in [2.45, 2.75) is 60.3 Å². The molecule has 0 aromatic carbocycles. The van der Waals surface area contributed by atoms with Crippen LogP contribution in [0.3, 0.4) is 0 Å². The number of unbranched alkanes of at least 4 members (excludes halogenated alkanes) is 3. The Hall–Kier alpha value is 1.38. The van der Waals surface area contributed by atoms with Crippen LogP contribution in [-0.2, 0) is 0 Å².